The molecule has 2 heterocycles. The zero-order valence-corrected chi connectivity index (χ0v) is 23.2. The Labute approximate surface area is 238 Å². The Hall–Kier alpha value is -3.21. The van der Waals surface area contributed by atoms with Gasteiger partial charge in [-0.15, -0.1) is 5.10 Å². The van der Waals surface area contributed by atoms with E-state index in [1.165, 1.54) is 23.1 Å². The van der Waals surface area contributed by atoms with Crippen LogP contribution in [0, 0.1) is 0 Å². The molecule has 0 unspecified atom stereocenters. The van der Waals surface area contributed by atoms with Gasteiger partial charge in [-0.2, -0.15) is 27.4 Å². The second kappa shape index (κ2) is 13.4. The van der Waals surface area contributed by atoms with Gasteiger partial charge in [0.05, 0.1) is 11.8 Å². The minimum atomic E-state index is -5.83. The van der Waals surface area contributed by atoms with Gasteiger partial charge in [0.1, 0.15) is 30.4 Å². The third-order valence-electron chi connectivity index (χ3n) is 6.49. The van der Waals surface area contributed by atoms with Crippen LogP contribution >= 0.6 is 0 Å². The first-order chi connectivity index (χ1) is 20.0. The van der Waals surface area contributed by atoms with Gasteiger partial charge in [-0.1, -0.05) is 24.3 Å². The molecule has 0 saturated carbocycles. The van der Waals surface area contributed by atoms with Crippen molar-refractivity contribution in [3.8, 4) is 22.8 Å². The number of nitrogens with one attached hydrogen (secondary N) is 1. The summed E-state index contributed by atoms with van der Waals surface area (Å²) in [5.74, 6) is -0.276. The Morgan fingerprint density at radius 3 is 2.19 bits per heavy atom. The fourth-order valence-electron chi connectivity index (χ4n) is 4.39. The van der Waals surface area contributed by atoms with Crippen molar-refractivity contribution in [2.24, 2.45) is 0 Å². The maximum absolute atomic E-state index is 13.1. The van der Waals surface area contributed by atoms with Crippen LogP contribution in [0.25, 0.3) is 17.1 Å². The molecule has 1 aromatic heterocycles. The van der Waals surface area contributed by atoms with Crippen molar-refractivity contribution in [3.05, 3.63) is 60.4 Å². The Morgan fingerprint density at radius 1 is 0.929 bits per heavy atom. The molecule has 0 amide bonds. The second-order valence-corrected chi connectivity index (χ2v) is 9.29. The van der Waals surface area contributed by atoms with Crippen LogP contribution in [0.15, 0.2) is 54.9 Å². The van der Waals surface area contributed by atoms with Gasteiger partial charge in [-0.3, -0.25) is 4.84 Å². The maximum atomic E-state index is 13.1. The lowest BCUT2D eigenvalue weighted by molar-refractivity contribution is -0.360. The van der Waals surface area contributed by atoms with Crippen molar-refractivity contribution in [2.45, 2.75) is 63.4 Å². The number of halogens is 5. The largest absolute Gasteiger partial charge is 0.499 e. The predicted molar refractivity (Wildman–Crippen MR) is 138 cm³/mol. The van der Waals surface area contributed by atoms with Crippen molar-refractivity contribution < 1.29 is 50.5 Å². The van der Waals surface area contributed by atoms with E-state index >= 15 is 0 Å². The molecule has 1 aliphatic rings. The van der Waals surface area contributed by atoms with Crippen LogP contribution < -0.4 is 10.2 Å². The number of hydrogen-bond acceptors (Lipinski definition) is 9. The molecule has 0 radical (unpaired) electrons. The minimum Gasteiger partial charge on any atom is -0.426 e. The summed E-state index contributed by atoms with van der Waals surface area (Å²) in [6, 6.07) is 11.8. The molecule has 42 heavy (non-hydrogen) atoms. The minimum absolute atomic E-state index is 0.290. The van der Waals surface area contributed by atoms with Crippen molar-refractivity contribution in [3.63, 3.8) is 0 Å². The van der Waals surface area contributed by atoms with Crippen molar-refractivity contribution >= 4 is 0 Å². The van der Waals surface area contributed by atoms with Gasteiger partial charge in [0.25, 0.3) is 0 Å². The predicted octanol–water partition coefficient (Wildman–Crippen LogP) is 4.67. The molecule has 1 N–H and O–H groups in total. The van der Waals surface area contributed by atoms with E-state index in [9.17, 15) is 22.0 Å². The van der Waals surface area contributed by atoms with Crippen LogP contribution in [-0.4, -0.2) is 78.6 Å². The molecule has 1 aliphatic heterocycles. The molecule has 2 aromatic carbocycles. The van der Waals surface area contributed by atoms with Crippen LogP contribution in [0.4, 0.5) is 22.0 Å². The summed E-state index contributed by atoms with van der Waals surface area (Å²) < 4.78 is 91.4. The summed E-state index contributed by atoms with van der Waals surface area (Å²) in [6.45, 7) is 4.59. The number of hydroxylamine groups is 1. The number of alkyl halides is 5. The molecule has 0 bridgehead atoms. The maximum Gasteiger partial charge on any atom is 0.499 e. The van der Waals surface area contributed by atoms with Crippen molar-refractivity contribution in [1.29, 1.82) is 0 Å². The van der Waals surface area contributed by atoms with Crippen LogP contribution in [0.1, 0.15) is 19.4 Å². The molecule has 3 aromatic rings. The van der Waals surface area contributed by atoms with E-state index in [1.807, 2.05) is 26.0 Å². The molecule has 230 valence electrons. The van der Waals surface area contributed by atoms with Gasteiger partial charge in [-0.25, -0.2) is 9.67 Å². The van der Waals surface area contributed by atoms with Gasteiger partial charge in [0.2, 0.25) is 6.29 Å². The highest BCUT2D eigenvalue weighted by molar-refractivity contribution is 5.55. The second-order valence-electron chi connectivity index (χ2n) is 9.29. The molecule has 4 rings (SSSR count). The third kappa shape index (κ3) is 7.22. The van der Waals surface area contributed by atoms with Crippen molar-refractivity contribution in [2.75, 3.05) is 20.8 Å². The zero-order chi connectivity index (χ0) is 30.5. The number of rotatable bonds is 12. The smallest absolute Gasteiger partial charge is 0.426 e. The SMILES string of the molecule is CCO[C@@H]1[C@@H](OC)[C@H](C)O[C@@H](ONCc2ccc(-c3ncn(-c4ccc(OC(F)(F)C(F)(F)F)cc4)n3)cc2)[C@@H]1OC. The summed E-state index contributed by atoms with van der Waals surface area (Å²) in [6.07, 6.45) is -12.0. The standard InChI is InChI=1S/C27H31F5N4O6/c1-5-39-22-21(37-3)16(2)40-25(23(22)38-4)42-34-14-17-6-8-18(9-7-17)24-33-15-36(35-24)19-10-12-20(13-11-19)41-27(31,32)26(28,29)30/h6-13,15-16,21-23,25,34H,5,14H2,1-4H3/t16-,21-,22+,23+,25-/m0/s1. The number of methoxy groups -OCH3 is 2. The lowest BCUT2D eigenvalue weighted by atomic mass is 9.99. The van der Waals surface area contributed by atoms with E-state index in [0.29, 0.717) is 30.2 Å². The number of aromatic nitrogens is 3. The number of hydrogen-bond donors (Lipinski definition) is 1. The van der Waals surface area contributed by atoms with Crippen LogP contribution in [0.5, 0.6) is 5.75 Å². The molecule has 15 heteroatoms. The van der Waals surface area contributed by atoms with E-state index in [0.717, 1.165) is 17.7 Å². The third-order valence-corrected chi connectivity index (χ3v) is 6.49. The monoisotopic (exact) mass is 602 g/mol. The average molecular weight is 603 g/mol. The quantitative estimate of drug-likeness (QED) is 0.234. The van der Waals surface area contributed by atoms with Crippen LogP contribution in [0.2, 0.25) is 0 Å². The van der Waals surface area contributed by atoms with Gasteiger partial charge in [0.15, 0.2) is 5.82 Å². The van der Waals surface area contributed by atoms with Gasteiger partial charge in [0, 0.05) is 32.9 Å². The average Bonchev–Trinajstić information content (AvgIpc) is 3.44. The summed E-state index contributed by atoms with van der Waals surface area (Å²) in [5.41, 5.74) is 4.87. The molecule has 0 aliphatic carbocycles. The first kappa shape index (κ1) is 31.7. The summed E-state index contributed by atoms with van der Waals surface area (Å²) in [7, 11) is 3.15. The molecule has 5 atom stereocenters. The molecular formula is C27H31F5N4O6. The summed E-state index contributed by atoms with van der Waals surface area (Å²) in [5, 5.41) is 4.35. The van der Waals surface area contributed by atoms with Gasteiger partial charge in [-0.05, 0) is 43.7 Å². The van der Waals surface area contributed by atoms with Crippen molar-refractivity contribution in [1.82, 2.24) is 20.2 Å². The van der Waals surface area contributed by atoms with Crippen LogP contribution in [-0.2, 0) is 30.3 Å². The van der Waals surface area contributed by atoms with Crippen LogP contribution in [0.3, 0.4) is 0 Å². The Bertz CT molecular complexity index is 1280. The fourth-order valence-corrected chi connectivity index (χ4v) is 4.39. The Balaban J connectivity index is 1.33. The van der Waals surface area contributed by atoms with E-state index in [1.54, 1.807) is 26.4 Å². The zero-order valence-electron chi connectivity index (χ0n) is 23.2. The molecular weight excluding hydrogens is 571 g/mol. The number of ether oxygens (including phenoxy) is 5. The first-order valence-corrected chi connectivity index (χ1v) is 12.9. The molecule has 0 spiro atoms. The molecule has 1 saturated heterocycles. The van der Waals surface area contributed by atoms with E-state index in [2.05, 4.69) is 20.3 Å². The fraction of sp³-hybridized carbons (Fsp3) is 0.481. The number of benzene rings is 2. The Morgan fingerprint density at radius 2 is 1.60 bits per heavy atom. The summed E-state index contributed by atoms with van der Waals surface area (Å²) in [4.78, 5) is 10.0. The topological polar surface area (TPSA) is 98.1 Å². The lowest BCUT2D eigenvalue weighted by Gasteiger charge is -2.43. The summed E-state index contributed by atoms with van der Waals surface area (Å²) >= 11 is 0. The molecule has 10 nitrogen and oxygen atoms in total. The van der Waals surface area contributed by atoms with E-state index in [-0.39, 0.29) is 18.3 Å². The highest BCUT2D eigenvalue weighted by Crippen LogP contribution is 2.37. The normalized spacial score (nSPS) is 23.2. The number of nitrogens with zero attached hydrogens (tertiary/aromatic N) is 3. The first-order valence-electron chi connectivity index (χ1n) is 12.9. The Kier molecular flexibility index (Phi) is 10.1. The van der Waals surface area contributed by atoms with E-state index < -0.39 is 30.4 Å². The highest BCUT2D eigenvalue weighted by Gasteiger charge is 2.61. The highest BCUT2D eigenvalue weighted by atomic mass is 19.4. The molecule has 1 fully saturated rings. The lowest BCUT2D eigenvalue weighted by Crippen LogP contribution is -2.60. The van der Waals surface area contributed by atoms with Gasteiger partial charge < -0.3 is 23.7 Å². The van der Waals surface area contributed by atoms with E-state index in [4.69, 9.17) is 23.8 Å². The van der Waals surface area contributed by atoms with Gasteiger partial charge >= 0.3 is 12.3 Å².